The first kappa shape index (κ1) is 14.4. The van der Waals surface area contributed by atoms with Crippen LogP contribution in [-0.4, -0.2) is 6.04 Å². The van der Waals surface area contributed by atoms with E-state index < -0.39 is 0 Å². The third-order valence-electron chi connectivity index (χ3n) is 6.04. The predicted octanol–water partition coefficient (Wildman–Crippen LogP) is 5.21. The highest BCUT2D eigenvalue weighted by Crippen LogP contribution is 2.62. The minimum Gasteiger partial charge on any atom is -0.306 e. The Labute approximate surface area is 128 Å². The minimum atomic E-state index is 0.356. The predicted molar refractivity (Wildman–Crippen MR) is 86.0 cm³/mol. The van der Waals surface area contributed by atoms with Gasteiger partial charge in [0.2, 0.25) is 0 Å². The lowest BCUT2D eigenvalue weighted by Crippen LogP contribution is -2.50. The van der Waals surface area contributed by atoms with Crippen LogP contribution in [-0.2, 0) is 0 Å². The van der Waals surface area contributed by atoms with Crippen LogP contribution in [0.5, 0.6) is 0 Å². The zero-order chi connectivity index (χ0) is 14.5. The van der Waals surface area contributed by atoms with Crippen molar-refractivity contribution >= 4 is 11.6 Å². The molecule has 2 fully saturated rings. The Hall–Kier alpha value is -0.530. The molecule has 2 aliphatic carbocycles. The van der Waals surface area contributed by atoms with Crippen molar-refractivity contribution in [2.45, 2.75) is 59.0 Å². The third-order valence-corrected chi connectivity index (χ3v) is 6.27. The molecule has 1 aromatic rings. The van der Waals surface area contributed by atoms with Crippen molar-refractivity contribution in [2.24, 2.45) is 16.7 Å². The largest absolute Gasteiger partial charge is 0.306 e. The second-order valence-electron chi connectivity index (χ2n) is 7.79. The second-order valence-corrected chi connectivity index (χ2v) is 8.23. The van der Waals surface area contributed by atoms with E-state index in [1.54, 1.807) is 0 Å². The van der Waals surface area contributed by atoms with Crippen LogP contribution in [0.2, 0.25) is 5.02 Å². The number of rotatable bonds is 3. The number of nitrogens with one attached hydrogen (secondary N) is 1. The summed E-state index contributed by atoms with van der Waals surface area (Å²) < 4.78 is 0. The molecule has 110 valence electrons. The molecule has 1 aromatic carbocycles. The van der Waals surface area contributed by atoms with Crippen LogP contribution in [0, 0.1) is 16.7 Å². The van der Waals surface area contributed by atoms with Crippen LogP contribution in [0.25, 0.3) is 0 Å². The summed E-state index contributed by atoms with van der Waals surface area (Å²) in [5.41, 5.74) is 2.17. The Bertz CT molecular complexity index is 505. The molecule has 0 aromatic heterocycles. The molecule has 0 spiro atoms. The molecule has 0 saturated heterocycles. The quantitative estimate of drug-likeness (QED) is 0.806. The van der Waals surface area contributed by atoms with Gasteiger partial charge in [-0.3, -0.25) is 0 Å². The van der Waals surface area contributed by atoms with Gasteiger partial charge < -0.3 is 5.32 Å². The third kappa shape index (κ3) is 2.19. The average Bonchev–Trinajstić information content (AvgIpc) is 2.85. The Kier molecular flexibility index (Phi) is 3.42. The van der Waals surface area contributed by atoms with Gasteiger partial charge in [-0.15, -0.1) is 0 Å². The molecule has 2 heteroatoms. The fourth-order valence-corrected chi connectivity index (χ4v) is 5.04. The summed E-state index contributed by atoms with van der Waals surface area (Å²) in [4.78, 5) is 0. The topological polar surface area (TPSA) is 12.0 Å². The van der Waals surface area contributed by atoms with Gasteiger partial charge in [-0.1, -0.05) is 44.5 Å². The number of fused-ring (bicyclic) bond motifs is 2. The molecular weight excluding hydrogens is 266 g/mol. The van der Waals surface area contributed by atoms with Crippen molar-refractivity contribution in [3.63, 3.8) is 0 Å². The first-order valence-corrected chi connectivity index (χ1v) is 8.22. The SMILES string of the molecule is C[C@@H](NC1C2(C)CCC(C2)C1(C)C)c1cccc(Cl)c1. The number of hydrogen-bond donors (Lipinski definition) is 1. The van der Waals surface area contributed by atoms with Gasteiger partial charge in [0, 0.05) is 17.1 Å². The van der Waals surface area contributed by atoms with Gasteiger partial charge in [0.1, 0.15) is 0 Å². The Morgan fingerprint density at radius 2 is 2.05 bits per heavy atom. The summed E-state index contributed by atoms with van der Waals surface area (Å²) in [5.74, 6) is 0.886. The average molecular weight is 292 g/mol. The van der Waals surface area contributed by atoms with E-state index in [9.17, 15) is 0 Å². The van der Waals surface area contributed by atoms with Gasteiger partial charge in [0.25, 0.3) is 0 Å². The van der Waals surface area contributed by atoms with Gasteiger partial charge in [0.05, 0.1) is 0 Å². The first-order valence-electron chi connectivity index (χ1n) is 7.84. The molecule has 1 nitrogen and oxygen atoms in total. The fraction of sp³-hybridized carbons (Fsp3) is 0.667. The molecule has 3 unspecified atom stereocenters. The van der Waals surface area contributed by atoms with Crippen molar-refractivity contribution in [1.82, 2.24) is 5.32 Å². The smallest absolute Gasteiger partial charge is 0.0409 e. The molecule has 2 aliphatic rings. The van der Waals surface area contributed by atoms with E-state index in [2.05, 4.69) is 45.1 Å². The van der Waals surface area contributed by atoms with Crippen molar-refractivity contribution in [1.29, 1.82) is 0 Å². The van der Waals surface area contributed by atoms with Crippen LogP contribution >= 0.6 is 11.6 Å². The van der Waals surface area contributed by atoms with Crippen LogP contribution in [0.15, 0.2) is 24.3 Å². The molecule has 2 saturated carbocycles. The van der Waals surface area contributed by atoms with E-state index in [4.69, 9.17) is 11.6 Å². The minimum absolute atomic E-state index is 0.356. The maximum Gasteiger partial charge on any atom is 0.0409 e. The molecule has 20 heavy (non-hydrogen) atoms. The highest BCUT2D eigenvalue weighted by molar-refractivity contribution is 6.30. The second kappa shape index (κ2) is 4.74. The van der Waals surface area contributed by atoms with E-state index in [-0.39, 0.29) is 0 Å². The van der Waals surface area contributed by atoms with Crippen molar-refractivity contribution < 1.29 is 0 Å². The first-order chi connectivity index (χ1) is 9.33. The number of benzene rings is 1. The number of hydrogen-bond acceptors (Lipinski definition) is 1. The lowest BCUT2D eigenvalue weighted by molar-refractivity contribution is 0.100. The summed E-state index contributed by atoms with van der Waals surface area (Å²) in [6.45, 7) is 9.63. The van der Waals surface area contributed by atoms with Crippen LogP contribution in [0.1, 0.15) is 58.6 Å². The Morgan fingerprint density at radius 1 is 1.30 bits per heavy atom. The molecule has 1 N–H and O–H groups in total. The molecule has 0 radical (unpaired) electrons. The number of halogens is 1. The Morgan fingerprint density at radius 3 is 2.65 bits per heavy atom. The van der Waals surface area contributed by atoms with Crippen LogP contribution < -0.4 is 5.32 Å². The van der Waals surface area contributed by atoms with Gasteiger partial charge in [-0.25, -0.2) is 0 Å². The van der Waals surface area contributed by atoms with Crippen molar-refractivity contribution in [2.75, 3.05) is 0 Å². The van der Waals surface area contributed by atoms with E-state index in [1.807, 2.05) is 12.1 Å². The summed E-state index contributed by atoms with van der Waals surface area (Å²) in [7, 11) is 0. The van der Waals surface area contributed by atoms with Crippen molar-refractivity contribution in [3.05, 3.63) is 34.9 Å². The summed E-state index contributed by atoms with van der Waals surface area (Å²) in [5, 5.41) is 4.75. The van der Waals surface area contributed by atoms with Crippen molar-refractivity contribution in [3.8, 4) is 0 Å². The standard InChI is InChI=1S/C18H26ClN/c1-12(13-6-5-7-15(19)10-13)20-16-17(2,3)14-8-9-18(16,4)11-14/h5-7,10,12,14,16,20H,8-9,11H2,1-4H3/t12-,14?,16?,18?/m1/s1. The van der Waals surface area contributed by atoms with Gasteiger partial charge in [0.15, 0.2) is 0 Å². The molecular formula is C18H26ClN. The van der Waals surface area contributed by atoms with Gasteiger partial charge >= 0.3 is 0 Å². The summed E-state index contributed by atoms with van der Waals surface area (Å²) in [6, 6.07) is 9.20. The van der Waals surface area contributed by atoms with E-state index in [0.29, 0.717) is 22.9 Å². The van der Waals surface area contributed by atoms with Gasteiger partial charge in [-0.05, 0) is 60.6 Å². The zero-order valence-corrected chi connectivity index (χ0v) is 13.8. The maximum absolute atomic E-state index is 6.12. The van der Waals surface area contributed by atoms with E-state index >= 15 is 0 Å². The highest BCUT2D eigenvalue weighted by Gasteiger charge is 2.59. The summed E-state index contributed by atoms with van der Waals surface area (Å²) in [6.07, 6.45) is 4.17. The molecule has 0 amide bonds. The normalized spacial score (nSPS) is 36.2. The monoisotopic (exact) mass is 291 g/mol. The van der Waals surface area contributed by atoms with Crippen LogP contribution in [0.4, 0.5) is 0 Å². The Balaban J connectivity index is 1.80. The van der Waals surface area contributed by atoms with E-state index in [0.717, 1.165) is 10.9 Å². The fourth-order valence-electron chi connectivity index (χ4n) is 4.84. The zero-order valence-electron chi connectivity index (χ0n) is 13.0. The molecule has 0 aliphatic heterocycles. The lowest BCUT2D eigenvalue weighted by Gasteiger charge is -2.44. The maximum atomic E-state index is 6.12. The molecule has 3 rings (SSSR count). The molecule has 0 heterocycles. The highest BCUT2D eigenvalue weighted by atomic mass is 35.5. The molecule has 4 atom stereocenters. The lowest BCUT2D eigenvalue weighted by atomic mass is 9.68. The van der Waals surface area contributed by atoms with Crippen LogP contribution in [0.3, 0.4) is 0 Å². The summed E-state index contributed by atoms with van der Waals surface area (Å²) >= 11 is 6.12. The molecule has 2 bridgehead atoms. The van der Waals surface area contributed by atoms with Gasteiger partial charge in [-0.2, -0.15) is 0 Å². The van der Waals surface area contributed by atoms with E-state index in [1.165, 1.54) is 24.8 Å².